The Morgan fingerprint density at radius 3 is 2.47 bits per heavy atom. The molecule has 0 unspecified atom stereocenters. The molecule has 0 amide bonds. The minimum atomic E-state index is -3.74. The molecule has 0 fully saturated rings. The molecule has 7 heteroatoms. The van der Waals surface area contributed by atoms with Crippen molar-refractivity contribution in [2.24, 2.45) is 5.92 Å². The maximum atomic E-state index is 13.1. The molecule has 3 aromatic rings. The third kappa shape index (κ3) is 3.90. The van der Waals surface area contributed by atoms with E-state index in [9.17, 15) is 8.42 Å². The number of hydrogen-bond acceptors (Lipinski definition) is 3. The van der Waals surface area contributed by atoms with Gasteiger partial charge in [0.2, 0.25) is 0 Å². The van der Waals surface area contributed by atoms with Crippen molar-refractivity contribution in [1.29, 1.82) is 0 Å². The normalized spacial score (nSPS) is 21.5. The minimum Gasteiger partial charge on any atom is -0.378 e. The molecule has 32 heavy (non-hydrogen) atoms. The van der Waals surface area contributed by atoms with Gasteiger partial charge in [0, 0.05) is 21.7 Å². The van der Waals surface area contributed by atoms with Gasteiger partial charge in [-0.05, 0) is 84.5 Å². The van der Waals surface area contributed by atoms with Crippen LogP contribution in [-0.4, -0.2) is 8.42 Å². The highest BCUT2D eigenvalue weighted by Crippen LogP contribution is 2.50. The molecule has 0 aromatic heterocycles. The second-order valence-electron chi connectivity index (χ2n) is 8.34. The lowest BCUT2D eigenvalue weighted by atomic mass is 9.77. The van der Waals surface area contributed by atoms with Crippen LogP contribution in [0.4, 0.5) is 11.4 Å². The summed E-state index contributed by atoms with van der Waals surface area (Å²) in [6, 6.07) is 18.5. The van der Waals surface area contributed by atoms with E-state index in [2.05, 4.69) is 34.3 Å². The Morgan fingerprint density at radius 1 is 0.969 bits per heavy atom. The number of halogens is 2. The number of hydrogen-bond donors (Lipinski definition) is 2. The fourth-order valence-corrected chi connectivity index (χ4v) is 6.20. The molecule has 0 bridgehead atoms. The monoisotopic (exact) mass is 484 g/mol. The van der Waals surface area contributed by atoms with Crippen LogP contribution in [0.5, 0.6) is 0 Å². The minimum absolute atomic E-state index is 0.136. The van der Waals surface area contributed by atoms with E-state index in [0.717, 1.165) is 23.2 Å². The van der Waals surface area contributed by atoms with Crippen LogP contribution in [0.1, 0.15) is 35.1 Å². The smallest absolute Gasteiger partial charge is 0.261 e. The molecule has 5 rings (SSSR count). The lowest BCUT2D eigenvalue weighted by Gasteiger charge is -2.37. The summed E-state index contributed by atoms with van der Waals surface area (Å²) in [5.74, 6) is 0.465. The molecule has 0 radical (unpaired) electrons. The first kappa shape index (κ1) is 21.4. The van der Waals surface area contributed by atoms with Crippen molar-refractivity contribution >= 4 is 44.6 Å². The fourth-order valence-electron chi connectivity index (χ4n) is 4.69. The van der Waals surface area contributed by atoms with Crippen molar-refractivity contribution in [3.63, 3.8) is 0 Å². The van der Waals surface area contributed by atoms with E-state index in [0.29, 0.717) is 21.7 Å². The second-order valence-corrected chi connectivity index (χ2v) is 10.9. The van der Waals surface area contributed by atoms with Gasteiger partial charge in [0.15, 0.2) is 0 Å². The van der Waals surface area contributed by atoms with Crippen LogP contribution in [0.15, 0.2) is 77.7 Å². The fraction of sp³-hybridized carbons (Fsp3) is 0.200. The van der Waals surface area contributed by atoms with Gasteiger partial charge in [-0.2, -0.15) is 0 Å². The van der Waals surface area contributed by atoms with Crippen molar-refractivity contribution in [2.75, 3.05) is 10.0 Å². The zero-order chi connectivity index (χ0) is 22.5. The van der Waals surface area contributed by atoms with Crippen LogP contribution in [0, 0.1) is 12.8 Å². The van der Waals surface area contributed by atoms with E-state index >= 15 is 0 Å². The van der Waals surface area contributed by atoms with Crippen molar-refractivity contribution in [3.05, 3.63) is 99.6 Å². The van der Waals surface area contributed by atoms with Crippen LogP contribution < -0.4 is 10.0 Å². The molecule has 2 aliphatic rings. The van der Waals surface area contributed by atoms with Gasteiger partial charge in [0.25, 0.3) is 10.0 Å². The zero-order valence-electron chi connectivity index (χ0n) is 17.3. The zero-order valence-corrected chi connectivity index (χ0v) is 19.7. The van der Waals surface area contributed by atoms with Gasteiger partial charge in [0.05, 0.1) is 16.6 Å². The highest BCUT2D eigenvalue weighted by Gasteiger charge is 2.38. The van der Waals surface area contributed by atoms with Crippen LogP contribution in [0.2, 0.25) is 10.0 Å². The topological polar surface area (TPSA) is 58.2 Å². The maximum Gasteiger partial charge on any atom is 0.261 e. The van der Waals surface area contributed by atoms with Gasteiger partial charge in [-0.3, -0.25) is 4.72 Å². The Bertz CT molecular complexity index is 1320. The molecule has 3 aromatic carbocycles. The second kappa shape index (κ2) is 8.14. The molecule has 0 spiro atoms. The predicted molar refractivity (Wildman–Crippen MR) is 131 cm³/mol. The molecule has 1 heterocycles. The first-order chi connectivity index (χ1) is 15.3. The number of benzene rings is 3. The Morgan fingerprint density at radius 2 is 1.72 bits per heavy atom. The van der Waals surface area contributed by atoms with Gasteiger partial charge >= 0.3 is 0 Å². The van der Waals surface area contributed by atoms with Crippen LogP contribution in [0.25, 0.3) is 0 Å². The molecular weight excluding hydrogens is 463 g/mol. The Hall–Kier alpha value is -2.47. The number of allylic oxidation sites excluding steroid dienone is 2. The number of aryl methyl sites for hydroxylation is 1. The summed E-state index contributed by atoms with van der Waals surface area (Å²) in [5, 5.41) is 4.92. The molecule has 1 aliphatic carbocycles. The largest absolute Gasteiger partial charge is 0.378 e. The summed E-state index contributed by atoms with van der Waals surface area (Å²) in [6.07, 6.45) is 5.32. The lowest BCUT2D eigenvalue weighted by Crippen LogP contribution is -2.29. The SMILES string of the molecule is Cc1cc(Cl)ccc1NS(=O)(=O)c1ccc2c(c1)[C@H]1C=CC[C@H]1[C@@H](c1ccc(Cl)cc1)N2. The Labute approximate surface area is 198 Å². The standard InChI is InChI=1S/C25H22Cl2N2O2S/c1-15-13-18(27)9-11-23(15)29-32(30,31)19-10-12-24-22(14-19)20-3-2-4-21(20)25(28-24)16-5-7-17(26)8-6-16/h2-3,5-14,20-21,25,28-29H,4H2,1H3/t20-,21+,25+/m0/s1. The van der Waals surface area contributed by atoms with Crippen LogP contribution in [-0.2, 0) is 10.0 Å². The van der Waals surface area contributed by atoms with Gasteiger partial charge in [-0.15, -0.1) is 0 Å². The molecule has 4 nitrogen and oxygen atoms in total. The van der Waals surface area contributed by atoms with Crippen molar-refractivity contribution in [1.82, 2.24) is 0 Å². The van der Waals surface area contributed by atoms with E-state index in [-0.39, 0.29) is 16.9 Å². The van der Waals surface area contributed by atoms with Crippen LogP contribution in [0.3, 0.4) is 0 Å². The summed E-state index contributed by atoms with van der Waals surface area (Å²) in [4.78, 5) is 0.247. The summed E-state index contributed by atoms with van der Waals surface area (Å²) < 4.78 is 29.0. The van der Waals surface area contributed by atoms with Crippen molar-refractivity contribution in [3.8, 4) is 0 Å². The molecule has 164 valence electrons. The summed E-state index contributed by atoms with van der Waals surface area (Å²) >= 11 is 12.1. The molecule has 1 aliphatic heterocycles. The van der Waals surface area contributed by atoms with Gasteiger partial charge in [-0.25, -0.2) is 8.42 Å². The average Bonchev–Trinajstić information content (AvgIpc) is 3.26. The number of sulfonamides is 1. The third-order valence-electron chi connectivity index (χ3n) is 6.31. The highest BCUT2D eigenvalue weighted by atomic mass is 35.5. The predicted octanol–water partition coefficient (Wildman–Crippen LogP) is 6.93. The number of anilines is 2. The van der Waals surface area contributed by atoms with Crippen LogP contribution >= 0.6 is 23.2 Å². The number of rotatable bonds is 4. The van der Waals surface area contributed by atoms with Gasteiger partial charge in [0.1, 0.15) is 0 Å². The van der Waals surface area contributed by atoms with Gasteiger partial charge in [-0.1, -0.05) is 47.5 Å². The summed E-state index contributed by atoms with van der Waals surface area (Å²) in [6.45, 7) is 1.82. The van der Waals surface area contributed by atoms with E-state index in [4.69, 9.17) is 23.2 Å². The maximum absolute atomic E-state index is 13.1. The first-order valence-corrected chi connectivity index (χ1v) is 12.7. The number of fused-ring (bicyclic) bond motifs is 3. The average molecular weight is 485 g/mol. The molecule has 2 N–H and O–H groups in total. The molecule has 3 atom stereocenters. The number of nitrogens with one attached hydrogen (secondary N) is 2. The molecular formula is C25H22Cl2N2O2S. The Balaban J connectivity index is 1.49. The van der Waals surface area contributed by atoms with E-state index in [1.54, 1.807) is 30.3 Å². The van der Waals surface area contributed by atoms with Crippen molar-refractivity contribution < 1.29 is 8.42 Å². The third-order valence-corrected chi connectivity index (χ3v) is 8.16. The summed E-state index contributed by atoms with van der Waals surface area (Å²) in [7, 11) is -3.74. The molecule has 0 saturated heterocycles. The lowest BCUT2D eigenvalue weighted by molar-refractivity contribution is 0.425. The quantitative estimate of drug-likeness (QED) is 0.394. The van der Waals surface area contributed by atoms with Gasteiger partial charge < -0.3 is 5.32 Å². The highest BCUT2D eigenvalue weighted by molar-refractivity contribution is 7.92. The van der Waals surface area contributed by atoms with E-state index < -0.39 is 10.0 Å². The van der Waals surface area contributed by atoms with E-state index in [1.807, 2.05) is 25.1 Å². The summed E-state index contributed by atoms with van der Waals surface area (Å²) in [5.41, 5.74) is 4.43. The molecule has 0 saturated carbocycles. The first-order valence-electron chi connectivity index (χ1n) is 10.4. The Kier molecular flexibility index (Phi) is 5.44. The van der Waals surface area contributed by atoms with Crippen molar-refractivity contribution in [2.45, 2.75) is 30.2 Å². The van der Waals surface area contributed by atoms with E-state index in [1.165, 1.54) is 5.56 Å².